The molecule has 1 N–H and O–H groups in total. The van der Waals surface area contributed by atoms with Crippen LogP contribution in [0.4, 0.5) is 5.69 Å². The number of fused-ring (bicyclic) bond motifs is 1. The molecule has 10 heteroatoms. The maximum atomic E-state index is 12.0. The van der Waals surface area contributed by atoms with E-state index >= 15 is 0 Å². The van der Waals surface area contributed by atoms with E-state index in [1.54, 1.807) is 0 Å². The van der Waals surface area contributed by atoms with Crippen LogP contribution in [0.1, 0.15) is 0 Å². The van der Waals surface area contributed by atoms with Crippen LogP contribution in [0.5, 0.6) is 0 Å². The zero-order valence-corrected chi connectivity index (χ0v) is 12.3. The van der Waals surface area contributed by atoms with Crippen molar-refractivity contribution in [2.75, 3.05) is 19.4 Å². The first kappa shape index (κ1) is 14.3. The Kier molecular flexibility index (Phi) is 3.33. The van der Waals surface area contributed by atoms with E-state index in [2.05, 4.69) is 9.71 Å². The summed E-state index contributed by atoms with van der Waals surface area (Å²) in [5, 5.41) is 2.54. The fourth-order valence-corrected chi connectivity index (χ4v) is 3.94. The molecule has 1 aromatic carbocycles. The van der Waals surface area contributed by atoms with E-state index in [4.69, 9.17) is 11.6 Å². The maximum Gasteiger partial charge on any atom is 0.285 e. The summed E-state index contributed by atoms with van der Waals surface area (Å²) in [5.41, 5.74) is 0.192. The van der Waals surface area contributed by atoms with Crippen molar-refractivity contribution < 1.29 is 16.8 Å². The Morgan fingerprint density at radius 1 is 1.32 bits per heavy atom. The van der Waals surface area contributed by atoms with Crippen molar-refractivity contribution >= 4 is 43.7 Å². The summed E-state index contributed by atoms with van der Waals surface area (Å²) in [7, 11) is -5.08. The molecule has 0 radical (unpaired) electrons. The second-order valence-corrected chi connectivity index (χ2v) is 8.05. The molecule has 0 unspecified atom stereocenters. The molecule has 0 spiro atoms. The quantitative estimate of drug-likeness (QED) is 0.865. The fraction of sp³-hybridized carbons (Fsp3) is 0.222. The minimum atomic E-state index is -3.90. The Hall–Kier alpha value is -1.16. The largest absolute Gasteiger partial charge is 0.344 e. The van der Waals surface area contributed by atoms with Crippen LogP contribution in [-0.4, -0.2) is 41.6 Å². The highest BCUT2D eigenvalue weighted by Crippen LogP contribution is 2.34. The third-order valence-corrected chi connectivity index (χ3v) is 6.04. The lowest BCUT2D eigenvalue weighted by atomic mass is 10.3. The highest BCUT2D eigenvalue weighted by atomic mass is 35.5. The van der Waals surface area contributed by atoms with E-state index in [-0.39, 0.29) is 20.5 Å². The molecule has 0 bridgehead atoms. The first-order valence-electron chi connectivity index (χ1n) is 4.98. The minimum absolute atomic E-state index is 0.0644. The highest BCUT2D eigenvalue weighted by molar-refractivity contribution is 7.91. The number of halogens is 1. The number of hydrogen-bond acceptors (Lipinski definition) is 5. The van der Waals surface area contributed by atoms with Gasteiger partial charge in [0.05, 0.1) is 10.7 Å². The van der Waals surface area contributed by atoms with Gasteiger partial charge in [-0.15, -0.1) is 4.40 Å². The Balaban J connectivity index is 2.77. The average Bonchev–Trinajstić information content (AvgIpc) is 2.27. The average molecular weight is 324 g/mol. The Morgan fingerprint density at radius 2 is 1.95 bits per heavy atom. The minimum Gasteiger partial charge on any atom is -0.344 e. The van der Waals surface area contributed by atoms with Crippen LogP contribution >= 0.6 is 11.6 Å². The molecule has 0 saturated carbocycles. The zero-order valence-electron chi connectivity index (χ0n) is 9.95. The third kappa shape index (κ3) is 2.34. The summed E-state index contributed by atoms with van der Waals surface area (Å²) in [6.45, 7) is 0. The zero-order chi connectivity index (χ0) is 14.4. The van der Waals surface area contributed by atoms with E-state index in [0.717, 1.165) is 16.7 Å². The van der Waals surface area contributed by atoms with Crippen molar-refractivity contribution in [1.29, 1.82) is 0 Å². The van der Waals surface area contributed by atoms with Gasteiger partial charge in [0, 0.05) is 14.1 Å². The van der Waals surface area contributed by atoms with Crippen molar-refractivity contribution in [3.63, 3.8) is 0 Å². The normalized spacial score (nSPS) is 17.1. The molecule has 0 atom stereocenters. The lowest BCUT2D eigenvalue weighted by Gasteiger charge is -2.17. The van der Waals surface area contributed by atoms with E-state index in [1.165, 1.54) is 20.2 Å². The fourth-order valence-electron chi connectivity index (χ4n) is 1.48. The molecule has 0 saturated heterocycles. The van der Waals surface area contributed by atoms with Crippen LogP contribution in [0.3, 0.4) is 0 Å². The van der Waals surface area contributed by atoms with Crippen molar-refractivity contribution in [3.8, 4) is 0 Å². The molecule has 1 aromatic rings. The van der Waals surface area contributed by atoms with Gasteiger partial charge in [0.15, 0.2) is 0 Å². The summed E-state index contributed by atoms with van der Waals surface area (Å²) in [6.07, 6.45) is 1.01. The van der Waals surface area contributed by atoms with Gasteiger partial charge in [-0.2, -0.15) is 8.42 Å². The van der Waals surface area contributed by atoms with E-state index in [9.17, 15) is 16.8 Å². The topological polar surface area (TPSA) is 95.9 Å². The second kappa shape index (κ2) is 4.44. The summed E-state index contributed by atoms with van der Waals surface area (Å²) < 4.78 is 51.8. The molecule has 7 nitrogen and oxygen atoms in total. The Morgan fingerprint density at radius 3 is 2.53 bits per heavy atom. The maximum absolute atomic E-state index is 12.0. The summed E-state index contributed by atoms with van der Waals surface area (Å²) in [5.74, 6) is 0. The van der Waals surface area contributed by atoms with Gasteiger partial charge in [0.25, 0.3) is 10.0 Å². The summed E-state index contributed by atoms with van der Waals surface area (Å²) >= 11 is 5.90. The summed E-state index contributed by atoms with van der Waals surface area (Å²) in [4.78, 5) is -0.500. The molecule has 0 aromatic heterocycles. The van der Waals surface area contributed by atoms with Crippen LogP contribution in [-0.2, 0) is 20.0 Å². The van der Waals surface area contributed by atoms with Crippen molar-refractivity contribution in [2.24, 2.45) is 4.40 Å². The highest BCUT2D eigenvalue weighted by Gasteiger charge is 2.28. The first-order valence-corrected chi connectivity index (χ1v) is 8.23. The molecular weight excluding hydrogens is 314 g/mol. The Labute approximate surface area is 116 Å². The van der Waals surface area contributed by atoms with Crippen molar-refractivity contribution in [2.45, 2.75) is 9.79 Å². The molecule has 1 aliphatic heterocycles. The lowest BCUT2D eigenvalue weighted by molar-refractivity contribution is 0.520. The van der Waals surface area contributed by atoms with Gasteiger partial charge in [-0.3, -0.25) is 0 Å². The van der Waals surface area contributed by atoms with Gasteiger partial charge < -0.3 is 5.32 Å². The molecule has 0 amide bonds. The third-order valence-electron chi connectivity index (χ3n) is 2.48. The number of hydrogen-bond donors (Lipinski definition) is 1. The Bertz CT molecular complexity index is 769. The van der Waals surface area contributed by atoms with Crippen LogP contribution in [0.25, 0.3) is 0 Å². The van der Waals surface area contributed by atoms with Crippen molar-refractivity contribution in [3.05, 3.63) is 17.2 Å². The second-order valence-electron chi connectivity index (χ2n) is 3.92. The molecule has 0 fully saturated rings. The van der Waals surface area contributed by atoms with Gasteiger partial charge in [0.2, 0.25) is 10.0 Å². The van der Waals surface area contributed by atoms with Gasteiger partial charge in [-0.1, -0.05) is 11.6 Å². The predicted octanol–water partition coefficient (Wildman–Crippen LogP) is 0.733. The van der Waals surface area contributed by atoms with Crippen molar-refractivity contribution in [1.82, 2.24) is 4.31 Å². The number of nitrogens with zero attached hydrogens (tertiary/aromatic N) is 2. The lowest BCUT2D eigenvalue weighted by Crippen LogP contribution is -2.23. The molecule has 19 heavy (non-hydrogen) atoms. The van der Waals surface area contributed by atoms with Gasteiger partial charge in [0.1, 0.15) is 16.1 Å². The standard InChI is InChI=1S/C9H10ClN3O4S2/c1-13(2)19(16,17)8-4-9-7(3-6(8)10)11-5-12-18(9,14)15/h3-5H,1-2H3,(H,11,12). The number of nitrogens with one attached hydrogen (secondary N) is 1. The molecule has 2 rings (SSSR count). The molecule has 1 aliphatic rings. The van der Waals surface area contributed by atoms with Gasteiger partial charge >= 0.3 is 0 Å². The molecule has 104 valence electrons. The number of sulfonamides is 2. The number of benzene rings is 1. The SMILES string of the molecule is CN(C)S(=O)(=O)c1cc2c(cc1Cl)NC=NS2(=O)=O. The van der Waals surface area contributed by atoms with Gasteiger partial charge in [-0.25, -0.2) is 12.7 Å². The number of rotatable bonds is 2. The first-order chi connectivity index (χ1) is 8.66. The monoisotopic (exact) mass is 323 g/mol. The smallest absolute Gasteiger partial charge is 0.285 e. The van der Waals surface area contributed by atoms with Gasteiger partial charge in [-0.05, 0) is 12.1 Å². The van der Waals surface area contributed by atoms with E-state index < -0.39 is 20.0 Å². The molecular formula is C9H10ClN3O4S2. The van der Waals surface area contributed by atoms with Crippen LogP contribution in [0.2, 0.25) is 5.02 Å². The molecule has 1 heterocycles. The number of anilines is 1. The van der Waals surface area contributed by atoms with Crippen LogP contribution in [0.15, 0.2) is 26.3 Å². The molecule has 0 aliphatic carbocycles. The van der Waals surface area contributed by atoms with Crippen LogP contribution < -0.4 is 5.32 Å². The van der Waals surface area contributed by atoms with E-state index in [0.29, 0.717) is 0 Å². The summed E-state index contributed by atoms with van der Waals surface area (Å²) in [6, 6.07) is 2.25. The van der Waals surface area contributed by atoms with Crippen LogP contribution in [0, 0.1) is 0 Å². The predicted molar refractivity (Wildman–Crippen MR) is 71.6 cm³/mol. The van der Waals surface area contributed by atoms with E-state index in [1.807, 2.05) is 0 Å².